The molecule has 0 aromatic heterocycles. The van der Waals surface area contributed by atoms with Crippen LogP contribution in [0.5, 0.6) is 0 Å². The van der Waals surface area contributed by atoms with Gasteiger partial charge in [0.15, 0.2) is 0 Å². The molecule has 21 heavy (non-hydrogen) atoms. The van der Waals surface area contributed by atoms with E-state index in [0.29, 0.717) is 5.69 Å². The fourth-order valence-corrected chi connectivity index (χ4v) is 1.85. The van der Waals surface area contributed by atoms with Crippen LogP contribution in [0.25, 0.3) is 0 Å². The molecular weight excluding hydrogens is 275 g/mol. The summed E-state index contributed by atoms with van der Waals surface area (Å²) in [6, 6.07) is 13.6. The van der Waals surface area contributed by atoms with Crippen molar-refractivity contribution >= 4 is 5.69 Å². The first kappa shape index (κ1) is 15.0. The second kappa shape index (κ2) is 6.36. The van der Waals surface area contributed by atoms with Gasteiger partial charge in [-0.2, -0.15) is 13.2 Å². The third-order valence-corrected chi connectivity index (χ3v) is 2.93. The van der Waals surface area contributed by atoms with Crippen molar-refractivity contribution in [3.63, 3.8) is 0 Å². The van der Waals surface area contributed by atoms with Crippen LogP contribution in [0, 0.1) is 18.8 Å². The number of benzene rings is 2. The number of alkyl halides is 3. The van der Waals surface area contributed by atoms with E-state index in [4.69, 9.17) is 0 Å². The van der Waals surface area contributed by atoms with E-state index in [1.165, 1.54) is 13.0 Å². The molecule has 0 bridgehead atoms. The quantitative estimate of drug-likeness (QED) is 0.804. The van der Waals surface area contributed by atoms with Gasteiger partial charge in [-0.1, -0.05) is 36.1 Å². The Morgan fingerprint density at radius 2 is 1.76 bits per heavy atom. The molecule has 0 aliphatic rings. The molecule has 0 spiro atoms. The molecule has 0 saturated carbocycles. The zero-order chi connectivity index (χ0) is 15.3. The molecule has 4 heteroatoms. The van der Waals surface area contributed by atoms with Gasteiger partial charge in [0.1, 0.15) is 0 Å². The molecule has 2 rings (SSSR count). The summed E-state index contributed by atoms with van der Waals surface area (Å²) in [6.45, 7) is 1.73. The van der Waals surface area contributed by atoms with Crippen LogP contribution < -0.4 is 5.32 Å². The Bertz CT molecular complexity index is 664. The maximum absolute atomic E-state index is 12.8. The van der Waals surface area contributed by atoms with Gasteiger partial charge in [0.25, 0.3) is 0 Å². The highest BCUT2D eigenvalue weighted by atomic mass is 19.4. The Balaban J connectivity index is 2.03. The molecule has 0 amide bonds. The van der Waals surface area contributed by atoms with E-state index in [1.807, 2.05) is 30.3 Å². The minimum Gasteiger partial charge on any atom is -0.374 e. The molecule has 0 heterocycles. The van der Waals surface area contributed by atoms with Crippen LogP contribution in [0.3, 0.4) is 0 Å². The molecule has 0 fully saturated rings. The van der Waals surface area contributed by atoms with E-state index in [0.717, 1.165) is 11.6 Å². The van der Waals surface area contributed by atoms with E-state index >= 15 is 0 Å². The van der Waals surface area contributed by atoms with E-state index in [9.17, 15) is 13.2 Å². The highest BCUT2D eigenvalue weighted by Gasteiger charge is 2.32. The van der Waals surface area contributed by atoms with Gasteiger partial charge in [0.2, 0.25) is 0 Å². The zero-order valence-corrected chi connectivity index (χ0v) is 11.5. The van der Waals surface area contributed by atoms with Crippen molar-refractivity contribution in [2.24, 2.45) is 0 Å². The molecule has 1 nitrogen and oxygen atoms in total. The largest absolute Gasteiger partial charge is 0.416 e. The zero-order valence-electron chi connectivity index (χ0n) is 11.5. The first-order valence-electron chi connectivity index (χ1n) is 6.42. The van der Waals surface area contributed by atoms with E-state index in [-0.39, 0.29) is 12.1 Å². The lowest BCUT2D eigenvalue weighted by Crippen LogP contribution is -2.09. The fourth-order valence-electron chi connectivity index (χ4n) is 1.85. The highest BCUT2D eigenvalue weighted by molar-refractivity contribution is 5.50. The molecule has 0 unspecified atom stereocenters. The summed E-state index contributed by atoms with van der Waals surface area (Å²) in [4.78, 5) is 0. The lowest BCUT2D eigenvalue weighted by atomic mass is 10.1. The van der Waals surface area contributed by atoms with Crippen molar-refractivity contribution in [1.29, 1.82) is 0 Å². The summed E-state index contributed by atoms with van der Waals surface area (Å²) >= 11 is 0. The van der Waals surface area contributed by atoms with Crippen LogP contribution in [0.15, 0.2) is 48.5 Å². The maximum Gasteiger partial charge on any atom is 0.416 e. The van der Waals surface area contributed by atoms with Crippen LogP contribution in [-0.2, 0) is 6.18 Å². The molecule has 0 radical (unpaired) electrons. The van der Waals surface area contributed by atoms with Crippen LogP contribution in [0.1, 0.15) is 16.7 Å². The van der Waals surface area contributed by atoms with Gasteiger partial charge in [-0.25, -0.2) is 0 Å². The Morgan fingerprint density at radius 3 is 2.43 bits per heavy atom. The second-order valence-electron chi connectivity index (χ2n) is 4.55. The molecule has 0 saturated heterocycles. The van der Waals surface area contributed by atoms with Gasteiger partial charge in [-0.05, 0) is 36.8 Å². The van der Waals surface area contributed by atoms with Crippen LogP contribution in [-0.4, -0.2) is 6.54 Å². The van der Waals surface area contributed by atoms with Gasteiger partial charge in [0, 0.05) is 11.3 Å². The predicted octanol–water partition coefficient (Wildman–Crippen LogP) is 4.48. The monoisotopic (exact) mass is 289 g/mol. The average molecular weight is 289 g/mol. The molecule has 2 aromatic carbocycles. The first-order valence-corrected chi connectivity index (χ1v) is 6.42. The third-order valence-electron chi connectivity index (χ3n) is 2.93. The number of hydrogen-bond acceptors (Lipinski definition) is 1. The Hall–Kier alpha value is -2.41. The molecule has 0 atom stereocenters. The Labute approximate surface area is 121 Å². The summed E-state index contributed by atoms with van der Waals surface area (Å²) in [5, 5.41) is 2.88. The average Bonchev–Trinajstić information content (AvgIpc) is 2.45. The summed E-state index contributed by atoms with van der Waals surface area (Å²) in [5.41, 5.74) is 0.876. The van der Waals surface area contributed by atoms with Crippen LogP contribution in [0.4, 0.5) is 18.9 Å². The van der Waals surface area contributed by atoms with Crippen molar-refractivity contribution in [2.75, 3.05) is 11.9 Å². The smallest absolute Gasteiger partial charge is 0.374 e. The van der Waals surface area contributed by atoms with E-state index < -0.39 is 11.7 Å². The van der Waals surface area contributed by atoms with Crippen molar-refractivity contribution in [2.45, 2.75) is 13.1 Å². The molecule has 1 N–H and O–H groups in total. The van der Waals surface area contributed by atoms with Gasteiger partial charge in [0.05, 0.1) is 12.1 Å². The van der Waals surface area contributed by atoms with Gasteiger partial charge < -0.3 is 5.32 Å². The number of halogens is 3. The van der Waals surface area contributed by atoms with E-state index in [2.05, 4.69) is 17.2 Å². The summed E-state index contributed by atoms with van der Waals surface area (Å²) in [7, 11) is 0. The lowest BCUT2D eigenvalue weighted by molar-refractivity contribution is -0.138. The summed E-state index contributed by atoms with van der Waals surface area (Å²) in [6.07, 6.45) is -4.34. The number of aryl methyl sites for hydroxylation is 1. The van der Waals surface area contributed by atoms with Gasteiger partial charge in [-0.15, -0.1) is 0 Å². The topological polar surface area (TPSA) is 12.0 Å². The SMILES string of the molecule is Cc1ccc(NCC#Cc2ccccc2)cc1C(F)(F)F. The number of hydrogen-bond donors (Lipinski definition) is 1. The fraction of sp³-hybridized carbons (Fsp3) is 0.176. The number of nitrogens with one attached hydrogen (secondary N) is 1. The molecule has 0 aliphatic heterocycles. The Kier molecular flexibility index (Phi) is 4.54. The molecular formula is C17H14F3N. The first-order chi connectivity index (χ1) is 9.97. The predicted molar refractivity (Wildman–Crippen MR) is 78.0 cm³/mol. The Morgan fingerprint density at radius 1 is 1.05 bits per heavy atom. The third kappa shape index (κ3) is 4.28. The minimum atomic E-state index is -4.34. The molecule has 0 aliphatic carbocycles. The number of rotatable bonds is 2. The highest BCUT2D eigenvalue weighted by Crippen LogP contribution is 2.33. The maximum atomic E-state index is 12.8. The lowest BCUT2D eigenvalue weighted by Gasteiger charge is -2.12. The van der Waals surface area contributed by atoms with Crippen LogP contribution >= 0.6 is 0 Å². The van der Waals surface area contributed by atoms with Crippen LogP contribution in [0.2, 0.25) is 0 Å². The van der Waals surface area contributed by atoms with Gasteiger partial charge >= 0.3 is 6.18 Å². The van der Waals surface area contributed by atoms with Gasteiger partial charge in [-0.3, -0.25) is 0 Å². The van der Waals surface area contributed by atoms with Crippen molar-refractivity contribution < 1.29 is 13.2 Å². The normalized spacial score (nSPS) is 10.7. The van der Waals surface area contributed by atoms with Crippen molar-refractivity contribution in [3.8, 4) is 11.8 Å². The second-order valence-corrected chi connectivity index (χ2v) is 4.55. The van der Waals surface area contributed by atoms with Crippen molar-refractivity contribution in [1.82, 2.24) is 0 Å². The number of anilines is 1. The standard InChI is InChI=1S/C17H14F3N/c1-13-9-10-15(12-16(13)17(18,19)20)21-11-5-8-14-6-3-2-4-7-14/h2-4,6-7,9-10,12,21H,11H2,1H3. The molecule has 2 aromatic rings. The summed E-state index contributed by atoms with van der Waals surface area (Å²) < 4.78 is 38.3. The minimum absolute atomic E-state index is 0.211. The van der Waals surface area contributed by atoms with Crippen molar-refractivity contribution in [3.05, 3.63) is 65.2 Å². The summed E-state index contributed by atoms with van der Waals surface area (Å²) in [5.74, 6) is 5.82. The molecule has 108 valence electrons. The van der Waals surface area contributed by atoms with E-state index in [1.54, 1.807) is 6.07 Å².